The fraction of sp³-hybridized carbons (Fsp3) is 0.278. The molecule has 0 unspecified atom stereocenters. The molecule has 0 radical (unpaired) electrons. The van der Waals surface area contributed by atoms with Gasteiger partial charge in [-0.05, 0) is 36.4 Å². The van der Waals surface area contributed by atoms with Crippen LogP contribution in [0.2, 0.25) is 0 Å². The molecule has 0 saturated carbocycles. The SMILES string of the molecule is COc1c(F)cccc1S(=O)(=O)N1CCN(C(=O)c2ccc(F)cc2)CC1. The normalized spacial score (nSPS) is 15.6. The van der Waals surface area contributed by atoms with Crippen molar-refractivity contribution >= 4 is 15.9 Å². The van der Waals surface area contributed by atoms with Crippen LogP contribution in [0.5, 0.6) is 5.75 Å². The van der Waals surface area contributed by atoms with Crippen molar-refractivity contribution in [1.82, 2.24) is 9.21 Å². The Labute approximate surface area is 156 Å². The van der Waals surface area contributed by atoms with Crippen LogP contribution in [-0.2, 0) is 10.0 Å². The van der Waals surface area contributed by atoms with Crippen molar-refractivity contribution in [3.8, 4) is 5.75 Å². The average Bonchev–Trinajstić information content (AvgIpc) is 2.68. The van der Waals surface area contributed by atoms with Gasteiger partial charge in [0.1, 0.15) is 10.7 Å². The average molecular weight is 396 g/mol. The minimum Gasteiger partial charge on any atom is -0.492 e. The molecule has 1 aliphatic rings. The van der Waals surface area contributed by atoms with Gasteiger partial charge in [0.05, 0.1) is 7.11 Å². The van der Waals surface area contributed by atoms with Gasteiger partial charge in [-0.25, -0.2) is 17.2 Å². The highest BCUT2D eigenvalue weighted by atomic mass is 32.2. The van der Waals surface area contributed by atoms with Crippen LogP contribution >= 0.6 is 0 Å². The first kappa shape index (κ1) is 19.2. The van der Waals surface area contributed by atoms with Crippen LogP contribution < -0.4 is 4.74 Å². The highest BCUT2D eigenvalue weighted by molar-refractivity contribution is 7.89. The molecule has 144 valence electrons. The maximum absolute atomic E-state index is 13.8. The highest BCUT2D eigenvalue weighted by Gasteiger charge is 2.33. The van der Waals surface area contributed by atoms with Gasteiger partial charge >= 0.3 is 0 Å². The summed E-state index contributed by atoms with van der Waals surface area (Å²) in [5.41, 5.74) is 0.333. The minimum atomic E-state index is -3.97. The van der Waals surface area contributed by atoms with Crippen LogP contribution in [0.3, 0.4) is 0 Å². The van der Waals surface area contributed by atoms with E-state index in [4.69, 9.17) is 4.74 Å². The van der Waals surface area contributed by atoms with E-state index in [1.165, 1.54) is 52.7 Å². The van der Waals surface area contributed by atoms with Crippen LogP contribution in [-0.4, -0.2) is 56.8 Å². The maximum atomic E-state index is 13.8. The molecule has 0 atom stereocenters. The molecule has 3 rings (SSSR count). The number of benzene rings is 2. The molecule has 6 nitrogen and oxygen atoms in total. The zero-order valence-electron chi connectivity index (χ0n) is 14.6. The number of rotatable bonds is 4. The summed E-state index contributed by atoms with van der Waals surface area (Å²) in [5, 5.41) is 0. The first-order valence-electron chi connectivity index (χ1n) is 8.22. The second-order valence-electron chi connectivity index (χ2n) is 5.97. The molecule has 0 aliphatic carbocycles. The van der Waals surface area contributed by atoms with Crippen molar-refractivity contribution in [2.24, 2.45) is 0 Å². The number of nitrogens with zero attached hydrogens (tertiary/aromatic N) is 2. The number of piperazine rings is 1. The summed E-state index contributed by atoms with van der Waals surface area (Å²) in [7, 11) is -2.76. The van der Waals surface area contributed by atoms with E-state index in [1.807, 2.05) is 0 Å². The summed E-state index contributed by atoms with van der Waals surface area (Å²) in [6.07, 6.45) is 0. The number of carbonyl (C=O) groups excluding carboxylic acids is 1. The number of amides is 1. The van der Waals surface area contributed by atoms with Crippen LogP contribution in [0.25, 0.3) is 0 Å². The Balaban J connectivity index is 1.74. The molecule has 1 heterocycles. The molecule has 0 spiro atoms. The van der Waals surface area contributed by atoms with Gasteiger partial charge in [-0.2, -0.15) is 4.31 Å². The number of hydrogen-bond acceptors (Lipinski definition) is 4. The molecular formula is C18H18F2N2O4S. The van der Waals surface area contributed by atoms with Gasteiger partial charge in [0.15, 0.2) is 11.6 Å². The Hall–Kier alpha value is -2.52. The van der Waals surface area contributed by atoms with Crippen LogP contribution in [0.4, 0.5) is 8.78 Å². The molecule has 0 N–H and O–H groups in total. The van der Waals surface area contributed by atoms with Gasteiger partial charge in [-0.3, -0.25) is 4.79 Å². The van der Waals surface area contributed by atoms with Gasteiger partial charge in [-0.1, -0.05) is 6.07 Å². The summed E-state index contributed by atoms with van der Waals surface area (Å²) >= 11 is 0. The van der Waals surface area contributed by atoms with E-state index in [9.17, 15) is 22.0 Å². The summed E-state index contributed by atoms with van der Waals surface area (Å²) in [5.74, 6) is -1.83. The number of sulfonamides is 1. The summed E-state index contributed by atoms with van der Waals surface area (Å²) in [4.78, 5) is 13.7. The lowest BCUT2D eigenvalue weighted by Crippen LogP contribution is -2.50. The number of ether oxygens (including phenoxy) is 1. The lowest BCUT2D eigenvalue weighted by atomic mass is 10.2. The molecule has 1 saturated heterocycles. The second-order valence-corrected chi connectivity index (χ2v) is 7.88. The van der Waals surface area contributed by atoms with Crippen molar-refractivity contribution in [3.05, 3.63) is 59.7 Å². The molecule has 0 aromatic heterocycles. The molecule has 1 aliphatic heterocycles. The lowest BCUT2D eigenvalue weighted by Gasteiger charge is -2.34. The first-order chi connectivity index (χ1) is 12.8. The number of para-hydroxylation sites is 1. The third kappa shape index (κ3) is 3.79. The van der Waals surface area contributed by atoms with Gasteiger partial charge in [0.2, 0.25) is 10.0 Å². The fourth-order valence-electron chi connectivity index (χ4n) is 2.94. The fourth-order valence-corrected chi connectivity index (χ4v) is 4.52. The lowest BCUT2D eigenvalue weighted by molar-refractivity contribution is 0.0697. The van der Waals surface area contributed by atoms with E-state index in [1.54, 1.807) is 0 Å². The number of hydrogen-bond donors (Lipinski definition) is 0. The summed E-state index contributed by atoms with van der Waals surface area (Å²) in [6.45, 7) is 0.476. The summed E-state index contributed by atoms with van der Waals surface area (Å²) < 4.78 is 58.6. The Kier molecular flexibility index (Phi) is 5.43. The third-order valence-corrected chi connectivity index (χ3v) is 6.29. The van der Waals surface area contributed by atoms with E-state index in [0.29, 0.717) is 5.56 Å². The Morgan fingerprint density at radius 3 is 2.22 bits per heavy atom. The molecule has 2 aromatic rings. The zero-order valence-corrected chi connectivity index (χ0v) is 15.4. The molecule has 1 fully saturated rings. The van der Waals surface area contributed by atoms with Crippen molar-refractivity contribution in [2.45, 2.75) is 4.90 Å². The predicted octanol–water partition coefficient (Wildman–Crippen LogP) is 2.12. The molecular weight excluding hydrogens is 378 g/mol. The predicted molar refractivity (Wildman–Crippen MR) is 94.0 cm³/mol. The van der Waals surface area contributed by atoms with Crippen LogP contribution in [0.15, 0.2) is 47.4 Å². The Morgan fingerprint density at radius 1 is 1.00 bits per heavy atom. The quantitative estimate of drug-likeness (QED) is 0.794. The first-order valence-corrected chi connectivity index (χ1v) is 9.66. The van der Waals surface area contributed by atoms with Gasteiger partial charge in [0, 0.05) is 31.7 Å². The second kappa shape index (κ2) is 7.61. The third-order valence-electron chi connectivity index (χ3n) is 4.37. The Bertz CT molecular complexity index is 940. The maximum Gasteiger partial charge on any atom is 0.253 e. The van der Waals surface area contributed by atoms with Crippen molar-refractivity contribution in [1.29, 1.82) is 0 Å². The molecule has 2 aromatic carbocycles. The van der Waals surface area contributed by atoms with E-state index >= 15 is 0 Å². The van der Waals surface area contributed by atoms with Crippen molar-refractivity contribution in [3.63, 3.8) is 0 Å². The molecule has 1 amide bonds. The number of halogens is 2. The number of methoxy groups -OCH3 is 1. The molecule has 27 heavy (non-hydrogen) atoms. The monoisotopic (exact) mass is 396 g/mol. The van der Waals surface area contributed by atoms with Gasteiger partial charge in [0.25, 0.3) is 5.91 Å². The standard InChI is InChI=1S/C18H18F2N2O4S/c1-26-17-15(20)3-2-4-16(17)27(24,25)22-11-9-21(10-12-22)18(23)13-5-7-14(19)8-6-13/h2-8H,9-12H2,1H3. The van der Waals surface area contributed by atoms with Crippen LogP contribution in [0, 0.1) is 11.6 Å². The van der Waals surface area contributed by atoms with E-state index in [-0.39, 0.29) is 42.7 Å². The Morgan fingerprint density at radius 2 is 1.63 bits per heavy atom. The smallest absolute Gasteiger partial charge is 0.253 e. The van der Waals surface area contributed by atoms with E-state index in [0.717, 1.165) is 6.07 Å². The van der Waals surface area contributed by atoms with Crippen LogP contribution in [0.1, 0.15) is 10.4 Å². The van der Waals surface area contributed by atoms with Gasteiger partial charge < -0.3 is 9.64 Å². The van der Waals surface area contributed by atoms with Crippen molar-refractivity contribution in [2.75, 3.05) is 33.3 Å². The van der Waals surface area contributed by atoms with E-state index < -0.39 is 21.7 Å². The number of carbonyl (C=O) groups is 1. The van der Waals surface area contributed by atoms with E-state index in [2.05, 4.69) is 0 Å². The minimum absolute atomic E-state index is 0.0644. The summed E-state index contributed by atoms with van der Waals surface area (Å²) in [6, 6.07) is 8.88. The zero-order chi connectivity index (χ0) is 19.6. The molecule has 0 bridgehead atoms. The largest absolute Gasteiger partial charge is 0.492 e. The topological polar surface area (TPSA) is 66.9 Å². The molecule has 9 heteroatoms. The van der Waals surface area contributed by atoms with Crippen molar-refractivity contribution < 1.29 is 26.7 Å². The highest BCUT2D eigenvalue weighted by Crippen LogP contribution is 2.29. The van der Waals surface area contributed by atoms with Gasteiger partial charge in [-0.15, -0.1) is 0 Å².